The minimum atomic E-state index is -3.98. The first-order valence-electron chi connectivity index (χ1n) is 10.7. The zero-order chi connectivity index (χ0) is 25.7. The third kappa shape index (κ3) is 5.73. The molecule has 0 atom stereocenters. The van der Waals surface area contributed by atoms with Gasteiger partial charge in [-0.15, -0.1) is 0 Å². The van der Waals surface area contributed by atoms with Gasteiger partial charge in [-0.3, -0.25) is 14.8 Å². The number of carbonyl (C=O) groups excluding carboxylic acids is 2. The molecule has 0 saturated carbocycles. The van der Waals surface area contributed by atoms with Gasteiger partial charge in [-0.2, -0.15) is 0 Å². The lowest BCUT2D eigenvalue weighted by atomic mass is 10.1. The van der Waals surface area contributed by atoms with Gasteiger partial charge in [0.15, 0.2) is 5.13 Å². The number of thiazole rings is 1. The molecule has 8 nitrogen and oxygen atoms in total. The summed E-state index contributed by atoms with van der Waals surface area (Å²) in [4.78, 5) is 30.4. The van der Waals surface area contributed by atoms with Gasteiger partial charge in [-0.1, -0.05) is 65.4 Å². The normalized spacial score (nSPS) is 11.1. The van der Waals surface area contributed by atoms with Crippen molar-refractivity contribution >= 4 is 55.7 Å². The van der Waals surface area contributed by atoms with Crippen LogP contribution in [0.1, 0.15) is 27.0 Å². The van der Waals surface area contributed by atoms with Crippen LogP contribution in [0.5, 0.6) is 0 Å². The molecule has 0 fully saturated rings. The average Bonchev–Trinajstić information content (AvgIpc) is 3.29. The molecule has 184 valence electrons. The Morgan fingerprint density at radius 1 is 0.972 bits per heavy atom. The predicted octanol–water partition coefficient (Wildman–Crippen LogP) is 5.69. The van der Waals surface area contributed by atoms with Gasteiger partial charge in [0.2, 0.25) is 0 Å². The number of nitrogens with zero attached hydrogens (tertiary/aromatic N) is 1. The first-order chi connectivity index (χ1) is 17.3. The average molecular weight is 542 g/mol. The van der Waals surface area contributed by atoms with Gasteiger partial charge in [0.05, 0.1) is 28.4 Å². The van der Waals surface area contributed by atoms with Crippen molar-refractivity contribution in [1.82, 2.24) is 4.98 Å². The van der Waals surface area contributed by atoms with Crippen molar-refractivity contribution in [3.8, 4) is 11.3 Å². The lowest BCUT2D eigenvalue weighted by Gasteiger charge is -2.12. The molecule has 0 saturated heterocycles. The van der Waals surface area contributed by atoms with E-state index in [-0.39, 0.29) is 32.8 Å². The van der Waals surface area contributed by atoms with Crippen LogP contribution in [0, 0.1) is 0 Å². The number of aromatic nitrogens is 1. The highest BCUT2D eigenvalue weighted by molar-refractivity contribution is 7.92. The number of esters is 1. The number of para-hydroxylation sites is 1. The van der Waals surface area contributed by atoms with Crippen molar-refractivity contribution in [3.63, 3.8) is 0 Å². The summed E-state index contributed by atoms with van der Waals surface area (Å²) in [6.07, 6.45) is 0. The summed E-state index contributed by atoms with van der Waals surface area (Å²) < 4.78 is 33.3. The van der Waals surface area contributed by atoms with Crippen molar-refractivity contribution in [1.29, 1.82) is 0 Å². The summed E-state index contributed by atoms with van der Waals surface area (Å²) in [5, 5.41) is 3.23. The Kier molecular flexibility index (Phi) is 7.68. The monoisotopic (exact) mass is 541 g/mol. The van der Waals surface area contributed by atoms with Crippen LogP contribution in [0.3, 0.4) is 0 Å². The van der Waals surface area contributed by atoms with Crippen molar-refractivity contribution in [2.24, 2.45) is 0 Å². The fourth-order valence-electron chi connectivity index (χ4n) is 3.25. The first kappa shape index (κ1) is 25.4. The zero-order valence-corrected chi connectivity index (χ0v) is 21.3. The zero-order valence-electron chi connectivity index (χ0n) is 18.9. The summed E-state index contributed by atoms with van der Waals surface area (Å²) in [5.74, 6) is -1.15. The van der Waals surface area contributed by atoms with Gasteiger partial charge in [0.1, 0.15) is 4.88 Å². The van der Waals surface area contributed by atoms with Crippen LogP contribution < -0.4 is 10.0 Å². The number of carbonyl (C=O) groups is 2. The number of rotatable bonds is 8. The van der Waals surface area contributed by atoms with E-state index in [1.165, 1.54) is 36.4 Å². The second kappa shape index (κ2) is 10.9. The van der Waals surface area contributed by atoms with E-state index in [0.29, 0.717) is 16.3 Å². The number of amides is 1. The van der Waals surface area contributed by atoms with E-state index < -0.39 is 21.9 Å². The van der Waals surface area contributed by atoms with Gasteiger partial charge in [0.25, 0.3) is 15.9 Å². The van der Waals surface area contributed by atoms with Crippen LogP contribution in [0.2, 0.25) is 5.02 Å². The lowest BCUT2D eigenvalue weighted by molar-refractivity contribution is 0.0532. The molecule has 0 spiro atoms. The van der Waals surface area contributed by atoms with Gasteiger partial charge < -0.3 is 4.74 Å². The molecule has 1 amide bonds. The summed E-state index contributed by atoms with van der Waals surface area (Å²) in [6, 6.07) is 20.9. The van der Waals surface area contributed by atoms with Crippen molar-refractivity contribution in [2.45, 2.75) is 11.8 Å². The summed E-state index contributed by atoms with van der Waals surface area (Å²) >= 11 is 6.83. The molecule has 36 heavy (non-hydrogen) atoms. The van der Waals surface area contributed by atoms with Crippen LogP contribution in [-0.4, -0.2) is 31.9 Å². The Labute approximate surface area is 217 Å². The van der Waals surface area contributed by atoms with Gasteiger partial charge in [-0.25, -0.2) is 18.2 Å². The van der Waals surface area contributed by atoms with E-state index in [2.05, 4.69) is 15.0 Å². The molecule has 0 bridgehead atoms. The smallest absolute Gasteiger partial charge is 0.350 e. The quantitative estimate of drug-likeness (QED) is 0.277. The number of hydrogen-bond acceptors (Lipinski definition) is 7. The number of hydrogen-bond donors (Lipinski definition) is 2. The maximum atomic E-state index is 13.1. The maximum Gasteiger partial charge on any atom is 0.350 e. The highest BCUT2D eigenvalue weighted by Crippen LogP contribution is 2.32. The fraction of sp³-hybridized carbons (Fsp3) is 0.0800. The minimum absolute atomic E-state index is 0.00591. The molecular formula is C25H20ClN3O5S2. The molecule has 4 aromatic rings. The van der Waals surface area contributed by atoms with Gasteiger partial charge >= 0.3 is 5.97 Å². The summed E-state index contributed by atoms with van der Waals surface area (Å²) in [6.45, 7) is 1.89. The molecule has 0 aliphatic carbocycles. The van der Waals surface area contributed by atoms with Crippen molar-refractivity contribution in [2.75, 3.05) is 16.6 Å². The number of halogens is 1. The molecule has 0 aliphatic heterocycles. The molecule has 0 aliphatic rings. The first-order valence-corrected chi connectivity index (χ1v) is 13.4. The maximum absolute atomic E-state index is 13.1. The highest BCUT2D eigenvalue weighted by Gasteiger charge is 2.23. The van der Waals surface area contributed by atoms with Crippen LogP contribution in [0.4, 0.5) is 10.8 Å². The molecular weight excluding hydrogens is 522 g/mol. The second-order valence-corrected chi connectivity index (χ2v) is 10.5. The van der Waals surface area contributed by atoms with Crippen LogP contribution in [0.25, 0.3) is 11.3 Å². The van der Waals surface area contributed by atoms with E-state index in [9.17, 15) is 18.0 Å². The van der Waals surface area contributed by atoms with E-state index in [1.54, 1.807) is 31.2 Å². The van der Waals surface area contributed by atoms with Crippen LogP contribution in [-0.2, 0) is 14.8 Å². The summed E-state index contributed by atoms with van der Waals surface area (Å²) in [7, 11) is -3.98. The van der Waals surface area contributed by atoms with Crippen LogP contribution in [0.15, 0.2) is 83.8 Å². The Morgan fingerprint density at radius 3 is 2.33 bits per heavy atom. The van der Waals surface area contributed by atoms with E-state index >= 15 is 0 Å². The predicted molar refractivity (Wildman–Crippen MR) is 140 cm³/mol. The number of anilines is 2. The minimum Gasteiger partial charge on any atom is -0.462 e. The SMILES string of the molecule is CCOC(=O)c1sc(NC(=O)c2ccccc2NS(=O)(=O)c2ccc(Cl)cc2)nc1-c1ccccc1. The standard InChI is InChI=1S/C25H20ClN3O5S2/c1-2-34-24(31)22-21(16-8-4-3-5-9-16)27-25(35-22)28-23(30)19-10-6-7-11-20(19)29-36(32,33)18-14-12-17(26)13-15-18/h3-15,29H,2H2,1H3,(H,27,28,30). The van der Waals surface area contributed by atoms with E-state index in [4.69, 9.17) is 16.3 Å². The van der Waals surface area contributed by atoms with Crippen molar-refractivity contribution < 1.29 is 22.7 Å². The van der Waals surface area contributed by atoms with E-state index in [1.807, 2.05) is 18.2 Å². The number of nitrogens with one attached hydrogen (secondary N) is 2. The second-order valence-electron chi connectivity index (χ2n) is 7.34. The molecule has 0 radical (unpaired) electrons. The number of sulfonamides is 1. The Hall–Kier alpha value is -3.73. The molecule has 3 aromatic carbocycles. The molecule has 1 heterocycles. The van der Waals surface area contributed by atoms with E-state index in [0.717, 1.165) is 11.3 Å². The topological polar surface area (TPSA) is 114 Å². The Balaban J connectivity index is 1.63. The van der Waals surface area contributed by atoms with Gasteiger partial charge in [0, 0.05) is 10.6 Å². The molecule has 4 rings (SSSR count). The van der Waals surface area contributed by atoms with Gasteiger partial charge in [-0.05, 0) is 43.3 Å². The Morgan fingerprint density at radius 2 is 1.64 bits per heavy atom. The summed E-state index contributed by atoms with van der Waals surface area (Å²) in [5.41, 5.74) is 1.22. The van der Waals surface area contributed by atoms with Crippen LogP contribution >= 0.6 is 22.9 Å². The lowest BCUT2D eigenvalue weighted by Crippen LogP contribution is -2.18. The largest absolute Gasteiger partial charge is 0.462 e. The third-order valence-electron chi connectivity index (χ3n) is 4.90. The molecule has 1 aromatic heterocycles. The fourth-order valence-corrected chi connectivity index (χ4v) is 5.33. The molecule has 0 unspecified atom stereocenters. The highest BCUT2D eigenvalue weighted by atomic mass is 35.5. The third-order valence-corrected chi connectivity index (χ3v) is 7.48. The Bertz CT molecular complexity index is 1500. The van der Waals surface area contributed by atoms with Crippen molar-refractivity contribution in [3.05, 3.63) is 94.3 Å². The number of ether oxygens (including phenoxy) is 1. The number of benzene rings is 3. The molecule has 2 N–H and O–H groups in total. The molecule has 11 heteroatoms.